The number of amides is 1. The number of para-hydroxylation sites is 1. The lowest BCUT2D eigenvalue weighted by atomic mass is 10.1. The molecule has 0 saturated heterocycles. The van der Waals surface area contributed by atoms with Crippen LogP contribution in [0.2, 0.25) is 0 Å². The van der Waals surface area contributed by atoms with E-state index in [2.05, 4.69) is 10.3 Å². The summed E-state index contributed by atoms with van der Waals surface area (Å²) in [5, 5.41) is 2.14. The lowest BCUT2D eigenvalue weighted by Gasteiger charge is -2.15. The van der Waals surface area contributed by atoms with Crippen molar-refractivity contribution in [1.82, 2.24) is 14.7 Å². The van der Waals surface area contributed by atoms with Crippen molar-refractivity contribution in [3.63, 3.8) is 0 Å². The fourth-order valence-corrected chi connectivity index (χ4v) is 2.61. The first kappa shape index (κ1) is 18.8. The van der Waals surface area contributed by atoms with Gasteiger partial charge in [-0.3, -0.25) is 4.79 Å². The number of aromatic nitrogens is 2. The minimum atomic E-state index is -2.97. The van der Waals surface area contributed by atoms with E-state index in [0.717, 1.165) is 6.92 Å². The molecule has 142 valence electrons. The topological polar surface area (TPSA) is 55.6 Å². The van der Waals surface area contributed by atoms with Crippen molar-refractivity contribution in [1.29, 1.82) is 0 Å². The van der Waals surface area contributed by atoms with Crippen LogP contribution in [0.5, 0.6) is 5.75 Å². The van der Waals surface area contributed by atoms with E-state index < -0.39 is 24.7 Å². The number of hydrogen-bond donors (Lipinski definition) is 1. The number of nitrogens with zero attached hydrogens (tertiary/aromatic N) is 2. The van der Waals surface area contributed by atoms with Gasteiger partial charge in [-0.1, -0.05) is 18.2 Å². The lowest BCUT2D eigenvalue weighted by molar-refractivity contribution is -0.0227. The average Bonchev–Trinajstić information content (AvgIpc) is 3.03. The average molecular weight is 377 g/mol. The normalized spacial score (nSPS) is 12.8. The highest BCUT2D eigenvalue weighted by molar-refractivity contribution is 5.94. The van der Waals surface area contributed by atoms with Crippen molar-refractivity contribution >= 4 is 11.6 Å². The molecule has 3 aromatic rings. The summed E-state index contributed by atoms with van der Waals surface area (Å²) in [6.07, 6.45) is 1.65. The summed E-state index contributed by atoms with van der Waals surface area (Å²) in [7, 11) is 0. The number of imidazole rings is 1. The van der Waals surface area contributed by atoms with E-state index in [1.54, 1.807) is 47.0 Å². The molecule has 1 aromatic carbocycles. The number of ether oxygens (including phenoxy) is 1. The molecule has 3 rings (SSSR count). The SMILES string of the molecule is CC(F)NC(=O)c1cn2cccc(-c3ccccc3OCC(C)(F)F)c2n1. The second kappa shape index (κ2) is 7.30. The van der Waals surface area contributed by atoms with Gasteiger partial charge in [0.2, 0.25) is 0 Å². The maximum Gasteiger partial charge on any atom is 0.278 e. The number of hydrogen-bond acceptors (Lipinski definition) is 3. The number of alkyl halides is 3. The molecule has 0 saturated carbocycles. The highest BCUT2D eigenvalue weighted by Crippen LogP contribution is 2.33. The number of carbonyl (C=O) groups is 1. The summed E-state index contributed by atoms with van der Waals surface area (Å²) in [5.41, 5.74) is 1.63. The Morgan fingerprint density at radius 2 is 1.96 bits per heavy atom. The van der Waals surface area contributed by atoms with Gasteiger partial charge in [0.25, 0.3) is 11.8 Å². The molecule has 1 unspecified atom stereocenters. The molecule has 1 N–H and O–H groups in total. The second-order valence-corrected chi connectivity index (χ2v) is 6.22. The van der Waals surface area contributed by atoms with Crippen LogP contribution in [-0.4, -0.2) is 34.1 Å². The van der Waals surface area contributed by atoms with Gasteiger partial charge in [-0.2, -0.15) is 0 Å². The Kier molecular flexibility index (Phi) is 5.07. The molecular formula is C19H18F3N3O2. The van der Waals surface area contributed by atoms with Crippen molar-refractivity contribution in [2.24, 2.45) is 0 Å². The highest BCUT2D eigenvalue weighted by atomic mass is 19.3. The van der Waals surface area contributed by atoms with E-state index in [1.165, 1.54) is 13.1 Å². The van der Waals surface area contributed by atoms with E-state index in [1.807, 2.05) is 0 Å². The molecule has 0 aliphatic rings. The molecule has 0 aliphatic carbocycles. The lowest BCUT2D eigenvalue weighted by Crippen LogP contribution is -2.29. The molecule has 0 spiro atoms. The third-order valence-electron chi connectivity index (χ3n) is 3.70. The monoisotopic (exact) mass is 377 g/mol. The largest absolute Gasteiger partial charge is 0.487 e. The molecule has 8 heteroatoms. The Balaban J connectivity index is 2.03. The smallest absolute Gasteiger partial charge is 0.278 e. The summed E-state index contributed by atoms with van der Waals surface area (Å²) < 4.78 is 46.3. The molecular weight excluding hydrogens is 359 g/mol. The molecule has 0 radical (unpaired) electrons. The van der Waals surface area contributed by atoms with Crippen molar-refractivity contribution < 1.29 is 22.7 Å². The Bertz CT molecular complexity index is 964. The second-order valence-electron chi connectivity index (χ2n) is 6.22. The van der Waals surface area contributed by atoms with Crippen molar-refractivity contribution in [3.05, 3.63) is 54.5 Å². The minimum Gasteiger partial charge on any atom is -0.487 e. The molecule has 1 amide bonds. The fourth-order valence-electron chi connectivity index (χ4n) is 2.61. The van der Waals surface area contributed by atoms with Gasteiger partial charge < -0.3 is 14.5 Å². The number of pyridine rings is 1. The summed E-state index contributed by atoms with van der Waals surface area (Å²) in [4.78, 5) is 16.3. The summed E-state index contributed by atoms with van der Waals surface area (Å²) in [5.74, 6) is -3.34. The molecule has 2 heterocycles. The van der Waals surface area contributed by atoms with E-state index in [4.69, 9.17) is 4.74 Å². The zero-order valence-electron chi connectivity index (χ0n) is 14.7. The third kappa shape index (κ3) is 4.39. The van der Waals surface area contributed by atoms with Gasteiger partial charge in [0.15, 0.2) is 12.9 Å². The van der Waals surface area contributed by atoms with Gasteiger partial charge in [-0.25, -0.2) is 18.2 Å². The van der Waals surface area contributed by atoms with Crippen LogP contribution in [-0.2, 0) is 0 Å². The third-order valence-corrected chi connectivity index (χ3v) is 3.70. The molecule has 1 atom stereocenters. The summed E-state index contributed by atoms with van der Waals surface area (Å²) >= 11 is 0. The predicted octanol–water partition coefficient (Wildman–Crippen LogP) is 4.08. The van der Waals surface area contributed by atoms with Crippen LogP contribution in [0, 0.1) is 0 Å². The van der Waals surface area contributed by atoms with Crippen LogP contribution in [0.3, 0.4) is 0 Å². The van der Waals surface area contributed by atoms with E-state index in [0.29, 0.717) is 16.8 Å². The van der Waals surface area contributed by atoms with Crippen molar-refractivity contribution in [3.8, 4) is 16.9 Å². The van der Waals surface area contributed by atoms with Gasteiger partial charge in [-0.05, 0) is 25.1 Å². The Labute approximate surface area is 153 Å². The standard InChI is InChI=1S/C19H18F3N3O2/c1-12(20)23-18(26)15-10-25-9-5-7-14(17(25)24-15)13-6-3-4-8-16(13)27-11-19(2,21)22/h3-10,12H,11H2,1-2H3,(H,23,26). The van der Waals surface area contributed by atoms with Crippen LogP contribution < -0.4 is 10.1 Å². The van der Waals surface area contributed by atoms with E-state index in [-0.39, 0.29) is 11.4 Å². The maximum absolute atomic E-state index is 13.2. The number of fused-ring (bicyclic) bond motifs is 1. The summed E-state index contributed by atoms with van der Waals surface area (Å²) in [6, 6.07) is 10.2. The zero-order valence-corrected chi connectivity index (χ0v) is 14.7. The van der Waals surface area contributed by atoms with Crippen LogP contribution in [0.1, 0.15) is 24.3 Å². The molecule has 0 aliphatic heterocycles. The number of benzene rings is 1. The minimum absolute atomic E-state index is 0.0467. The maximum atomic E-state index is 13.2. The van der Waals surface area contributed by atoms with Crippen LogP contribution in [0.25, 0.3) is 16.8 Å². The van der Waals surface area contributed by atoms with Crippen molar-refractivity contribution in [2.45, 2.75) is 26.1 Å². The van der Waals surface area contributed by atoms with E-state index >= 15 is 0 Å². The molecule has 0 bridgehead atoms. The van der Waals surface area contributed by atoms with E-state index in [9.17, 15) is 18.0 Å². The first-order chi connectivity index (χ1) is 12.7. The first-order valence-corrected chi connectivity index (χ1v) is 8.27. The predicted molar refractivity (Wildman–Crippen MR) is 94.8 cm³/mol. The summed E-state index contributed by atoms with van der Waals surface area (Å²) in [6.45, 7) is 1.22. The zero-order chi connectivity index (χ0) is 19.6. The van der Waals surface area contributed by atoms with Crippen LogP contribution >= 0.6 is 0 Å². The van der Waals surface area contributed by atoms with Crippen LogP contribution in [0.15, 0.2) is 48.8 Å². The van der Waals surface area contributed by atoms with Gasteiger partial charge in [0.1, 0.15) is 17.1 Å². The molecule has 27 heavy (non-hydrogen) atoms. The Morgan fingerprint density at radius 1 is 1.26 bits per heavy atom. The fraction of sp³-hybridized carbons (Fsp3) is 0.263. The van der Waals surface area contributed by atoms with Crippen molar-refractivity contribution in [2.75, 3.05) is 6.61 Å². The van der Waals surface area contributed by atoms with Gasteiger partial charge >= 0.3 is 0 Å². The Morgan fingerprint density at radius 3 is 2.67 bits per heavy atom. The number of nitrogens with one attached hydrogen (secondary N) is 1. The van der Waals surface area contributed by atoms with Crippen LogP contribution in [0.4, 0.5) is 13.2 Å². The molecule has 2 aromatic heterocycles. The molecule has 0 fully saturated rings. The molecule has 5 nitrogen and oxygen atoms in total. The Hall–Kier alpha value is -3.03. The number of carbonyl (C=O) groups excluding carboxylic acids is 1. The van der Waals surface area contributed by atoms with Gasteiger partial charge in [0, 0.05) is 30.4 Å². The first-order valence-electron chi connectivity index (χ1n) is 8.27. The number of rotatable bonds is 6. The van der Waals surface area contributed by atoms with Gasteiger partial charge in [0.05, 0.1) is 0 Å². The highest BCUT2D eigenvalue weighted by Gasteiger charge is 2.23. The number of halogens is 3. The van der Waals surface area contributed by atoms with Gasteiger partial charge in [-0.15, -0.1) is 0 Å². The quantitative estimate of drug-likeness (QED) is 0.659.